The van der Waals surface area contributed by atoms with Gasteiger partial charge in [-0.25, -0.2) is 4.79 Å². The minimum atomic E-state index is -2.62. The summed E-state index contributed by atoms with van der Waals surface area (Å²) in [6, 6.07) is 20.8. The van der Waals surface area contributed by atoms with Crippen molar-refractivity contribution in [1.82, 2.24) is 0 Å². The van der Waals surface area contributed by atoms with Gasteiger partial charge in [0.1, 0.15) is 5.75 Å². The maximum Gasteiger partial charge on any atom is 0.340 e. The molecule has 0 aliphatic carbocycles. The van der Waals surface area contributed by atoms with Crippen LogP contribution in [0.3, 0.4) is 0 Å². The third-order valence-corrected chi connectivity index (χ3v) is 4.98. The molecule has 0 fully saturated rings. The lowest BCUT2D eigenvalue weighted by Gasteiger charge is -2.26. The van der Waals surface area contributed by atoms with Gasteiger partial charge in [-0.15, -0.1) is 0 Å². The Balaban J connectivity index is 1.94. The predicted octanol–water partition coefficient (Wildman–Crippen LogP) is 4.18. The van der Waals surface area contributed by atoms with Crippen LogP contribution in [0.5, 0.6) is 5.75 Å². The number of carbonyl (C=O) groups excluding carboxylic acids is 2. The van der Waals surface area contributed by atoms with Crippen molar-refractivity contribution >= 4 is 29.2 Å². The summed E-state index contributed by atoms with van der Waals surface area (Å²) in [5, 5.41) is 11.9. The first-order chi connectivity index (χ1) is 15.0. The molecular weight excluding hydrogens is 403 g/mol. The Morgan fingerprint density at radius 1 is 1.03 bits per heavy atom. The molecule has 1 heterocycles. The second-order valence-electron chi connectivity index (χ2n) is 6.69. The molecule has 0 aromatic heterocycles. The van der Waals surface area contributed by atoms with E-state index in [4.69, 9.17) is 9.47 Å². The van der Waals surface area contributed by atoms with Crippen LogP contribution >= 0.6 is 0 Å². The molecule has 3 aromatic rings. The van der Waals surface area contributed by atoms with Gasteiger partial charge in [0.2, 0.25) is 0 Å². The van der Waals surface area contributed by atoms with Crippen molar-refractivity contribution < 1.29 is 28.7 Å². The molecule has 4 rings (SSSR count). The van der Waals surface area contributed by atoms with Crippen LogP contribution in [-0.2, 0) is 15.1 Å². The summed E-state index contributed by atoms with van der Waals surface area (Å²) in [6.45, 7) is 0. The minimum absolute atomic E-state index is 0.0275. The van der Waals surface area contributed by atoms with Gasteiger partial charge in [-0.1, -0.05) is 41.6 Å². The zero-order chi connectivity index (χ0) is 22.0. The highest BCUT2D eigenvalue weighted by Crippen LogP contribution is 2.49. The van der Waals surface area contributed by atoms with E-state index in [1.165, 1.54) is 30.2 Å². The van der Waals surface area contributed by atoms with Crippen LogP contribution in [0.2, 0.25) is 0 Å². The molecule has 8 heteroatoms. The summed E-state index contributed by atoms with van der Waals surface area (Å²) in [6.07, 6.45) is 0. The van der Waals surface area contributed by atoms with E-state index >= 15 is 4.39 Å². The van der Waals surface area contributed by atoms with E-state index in [-0.39, 0.29) is 16.8 Å². The maximum atomic E-state index is 15.2. The van der Waals surface area contributed by atoms with E-state index in [9.17, 15) is 14.8 Å². The van der Waals surface area contributed by atoms with Crippen LogP contribution in [0.25, 0.3) is 0 Å². The third-order valence-electron chi connectivity index (χ3n) is 4.98. The van der Waals surface area contributed by atoms with E-state index in [2.05, 4.69) is 5.16 Å². The normalized spacial score (nSPS) is 17.9. The van der Waals surface area contributed by atoms with Gasteiger partial charge in [-0.05, 0) is 42.5 Å². The Hall–Kier alpha value is -4.20. The van der Waals surface area contributed by atoms with Gasteiger partial charge < -0.3 is 14.7 Å². The number of anilines is 2. The summed E-state index contributed by atoms with van der Waals surface area (Å²) in [4.78, 5) is 27.7. The third kappa shape index (κ3) is 3.18. The lowest BCUT2D eigenvalue weighted by atomic mass is 9.94. The predicted molar refractivity (Wildman–Crippen MR) is 110 cm³/mol. The average Bonchev–Trinajstić information content (AvgIpc) is 3.07. The number of hydrogen-bond donors (Lipinski definition) is 1. The van der Waals surface area contributed by atoms with Gasteiger partial charge in [-0.2, -0.15) is 4.39 Å². The zero-order valence-corrected chi connectivity index (χ0v) is 16.4. The second kappa shape index (κ2) is 7.91. The maximum absolute atomic E-state index is 15.2. The van der Waals surface area contributed by atoms with Crippen LogP contribution in [0.1, 0.15) is 15.9 Å². The molecule has 0 saturated carbocycles. The Labute approximate surface area is 176 Å². The van der Waals surface area contributed by atoms with Crippen molar-refractivity contribution in [3.63, 3.8) is 0 Å². The van der Waals surface area contributed by atoms with Crippen molar-refractivity contribution in [3.8, 4) is 5.75 Å². The van der Waals surface area contributed by atoms with E-state index in [1.807, 2.05) is 0 Å². The van der Waals surface area contributed by atoms with Gasteiger partial charge in [-0.3, -0.25) is 9.69 Å². The number of benzene rings is 3. The molecule has 156 valence electrons. The number of methoxy groups -OCH3 is 1. The van der Waals surface area contributed by atoms with Crippen molar-refractivity contribution in [3.05, 3.63) is 90.0 Å². The quantitative estimate of drug-likeness (QED) is 0.290. The molecule has 7 nitrogen and oxygen atoms in total. The van der Waals surface area contributed by atoms with Gasteiger partial charge in [0.05, 0.1) is 18.4 Å². The molecule has 0 saturated heterocycles. The Morgan fingerprint density at radius 3 is 2.29 bits per heavy atom. The number of para-hydroxylation sites is 1. The smallest absolute Gasteiger partial charge is 0.340 e. The van der Waals surface area contributed by atoms with E-state index in [1.54, 1.807) is 60.7 Å². The molecule has 0 spiro atoms. The fourth-order valence-electron chi connectivity index (χ4n) is 3.52. The summed E-state index contributed by atoms with van der Waals surface area (Å²) < 4.78 is 25.8. The Bertz CT molecular complexity index is 1170. The number of carbonyl (C=O) groups is 2. The van der Waals surface area contributed by atoms with Gasteiger partial charge in [0.25, 0.3) is 17.5 Å². The molecule has 31 heavy (non-hydrogen) atoms. The lowest BCUT2D eigenvalue weighted by Crippen LogP contribution is -2.47. The fourth-order valence-corrected chi connectivity index (χ4v) is 3.52. The van der Waals surface area contributed by atoms with E-state index in [0.717, 1.165) is 0 Å². The summed E-state index contributed by atoms with van der Waals surface area (Å²) in [5.74, 6) is -3.18. The van der Waals surface area contributed by atoms with Crippen molar-refractivity contribution in [1.29, 1.82) is 0 Å². The first-order valence-corrected chi connectivity index (χ1v) is 9.27. The van der Waals surface area contributed by atoms with Crippen LogP contribution in [-0.4, -0.2) is 30.2 Å². The Morgan fingerprint density at radius 2 is 1.68 bits per heavy atom. The molecule has 0 radical (unpaired) electrons. The monoisotopic (exact) mass is 420 g/mol. The van der Waals surface area contributed by atoms with Gasteiger partial charge in [0, 0.05) is 11.3 Å². The molecule has 1 aliphatic heterocycles. The molecule has 1 atom stereocenters. The second-order valence-corrected chi connectivity index (χ2v) is 6.69. The van der Waals surface area contributed by atoms with Crippen LogP contribution in [0.4, 0.5) is 15.8 Å². The molecule has 1 aliphatic rings. The van der Waals surface area contributed by atoms with E-state index in [0.29, 0.717) is 11.4 Å². The fraction of sp³-hybridized carbons (Fsp3) is 0.0870. The SMILES string of the molecule is COc1ccc2c(c1)C(OC(=O)c1ccccc1)(/C(F)=N/O)C(=O)N2c1ccccc1. The number of amides is 1. The molecular formula is C23H17FN2O5. The summed E-state index contributed by atoms with van der Waals surface area (Å²) in [5.41, 5.74) is -1.87. The highest BCUT2D eigenvalue weighted by molar-refractivity contribution is 6.24. The summed E-state index contributed by atoms with van der Waals surface area (Å²) in [7, 11) is 1.40. The number of fused-ring (bicyclic) bond motifs is 1. The largest absolute Gasteiger partial charge is 0.497 e. The van der Waals surface area contributed by atoms with E-state index < -0.39 is 23.4 Å². The number of halogens is 1. The molecule has 3 aromatic carbocycles. The van der Waals surface area contributed by atoms with Crippen molar-refractivity contribution in [2.24, 2.45) is 5.16 Å². The number of ether oxygens (including phenoxy) is 2. The topological polar surface area (TPSA) is 88.4 Å². The van der Waals surface area contributed by atoms with Gasteiger partial charge in [0.15, 0.2) is 0 Å². The first-order valence-electron chi connectivity index (χ1n) is 9.27. The summed E-state index contributed by atoms with van der Waals surface area (Å²) >= 11 is 0. The molecule has 1 unspecified atom stereocenters. The average molecular weight is 420 g/mol. The van der Waals surface area contributed by atoms with Crippen molar-refractivity contribution in [2.45, 2.75) is 5.60 Å². The zero-order valence-electron chi connectivity index (χ0n) is 16.4. The van der Waals surface area contributed by atoms with Crippen molar-refractivity contribution in [2.75, 3.05) is 12.0 Å². The van der Waals surface area contributed by atoms with Gasteiger partial charge >= 0.3 is 5.97 Å². The highest BCUT2D eigenvalue weighted by Gasteiger charge is 2.60. The highest BCUT2D eigenvalue weighted by atomic mass is 19.1. The van der Waals surface area contributed by atoms with Crippen LogP contribution < -0.4 is 9.64 Å². The number of hydrogen-bond acceptors (Lipinski definition) is 6. The molecule has 0 bridgehead atoms. The lowest BCUT2D eigenvalue weighted by molar-refractivity contribution is -0.130. The number of nitrogens with zero attached hydrogens (tertiary/aromatic N) is 2. The minimum Gasteiger partial charge on any atom is -0.497 e. The standard InChI is InChI=1S/C23H17FN2O5/c1-30-17-12-13-19-18(14-17)23(21(24)25-29,31-20(27)15-8-4-2-5-9-15)22(28)26(19)16-10-6-3-7-11-16/h2-14,29H,1H3/b25-21-. The first kappa shape index (κ1) is 20.1. The number of oxime groups is 1. The number of rotatable bonds is 5. The molecule has 1 N–H and O–H groups in total. The number of esters is 1. The van der Waals surface area contributed by atoms with Crippen LogP contribution in [0, 0.1) is 0 Å². The Kier molecular flexibility index (Phi) is 5.12. The molecule has 1 amide bonds. The van der Waals surface area contributed by atoms with Crippen LogP contribution in [0.15, 0.2) is 84.0 Å².